The summed E-state index contributed by atoms with van der Waals surface area (Å²) in [6, 6.07) is 7.64. The molecule has 4 amide bonds. The van der Waals surface area contributed by atoms with Crippen molar-refractivity contribution in [1.29, 1.82) is 0 Å². The molecule has 2 fully saturated rings. The number of urea groups is 1. The molecule has 1 aromatic rings. The van der Waals surface area contributed by atoms with E-state index >= 15 is 0 Å². The highest BCUT2D eigenvalue weighted by Gasteiger charge is 2.33. The van der Waals surface area contributed by atoms with E-state index in [9.17, 15) is 14.4 Å². The Balaban J connectivity index is 1.43. The van der Waals surface area contributed by atoms with E-state index in [2.05, 4.69) is 4.90 Å². The molecule has 0 aliphatic carbocycles. The summed E-state index contributed by atoms with van der Waals surface area (Å²) in [5.41, 5.74) is 1.09. The van der Waals surface area contributed by atoms with Gasteiger partial charge in [-0.05, 0) is 18.6 Å². The van der Waals surface area contributed by atoms with Gasteiger partial charge in [-0.25, -0.2) is 4.79 Å². The van der Waals surface area contributed by atoms with Crippen LogP contribution in [0.3, 0.4) is 0 Å². The molecule has 0 saturated carbocycles. The summed E-state index contributed by atoms with van der Waals surface area (Å²) in [6.07, 6.45) is 0.847. The molecule has 146 valence electrons. The van der Waals surface area contributed by atoms with E-state index in [4.69, 9.17) is 4.74 Å². The van der Waals surface area contributed by atoms with Gasteiger partial charge < -0.3 is 19.4 Å². The van der Waals surface area contributed by atoms with Crippen molar-refractivity contribution in [2.45, 2.75) is 12.8 Å². The standard InChI is InChI=1S/C19H26N4O4/c1-20-14-18(25)23(19(20)26)8-4-7-17(24)22-11-9-21(10-12-22)15-5-3-6-16(13-15)27-2/h3,5-6,13H,4,7-12,14H2,1-2H3. The molecule has 2 aliphatic heterocycles. The molecule has 3 rings (SSSR count). The van der Waals surface area contributed by atoms with E-state index in [1.165, 1.54) is 9.80 Å². The van der Waals surface area contributed by atoms with Crippen LogP contribution < -0.4 is 9.64 Å². The zero-order valence-corrected chi connectivity index (χ0v) is 15.9. The van der Waals surface area contributed by atoms with Gasteiger partial charge in [0.2, 0.25) is 11.8 Å². The number of anilines is 1. The Kier molecular flexibility index (Phi) is 5.83. The maximum Gasteiger partial charge on any atom is 0.326 e. The van der Waals surface area contributed by atoms with Crippen LogP contribution in [0.5, 0.6) is 5.75 Å². The van der Waals surface area contributed by atoms with Crippen LogP contribution in [0.15, 0.2) is 24.3 Å². The minimum absolute atomic E-state index is 0.0766. The van der Waals surface area contributed by atoms with Crippen LogP contribution in [0.25, 0.3) is 0 Å². The number of hydrogen-bond donors (Lipinski definition) is 0. The summed E-state index contributed by atoms with van der Waals surface area (Å²) in [5.74, 6) is 0.706. The predicted molar refractivity (Wildman–Crippen MR) is 101 cm³/mol. The first-order valence-electron chi connectivity index (χ1n) is 9.22. The molecular formula is C19H26N4O4. The number of rotatable bonds is 6. The number of piperazine rings is 1. The van der Waals surface area contributed by atoms with Gasteiger partial charge in [0.1, 0.15) is 12.3 Å². The Bertz CT molecular complexity index is 715. The quantitative estimate of drug-likeness (QED) is 0.695. The number of carbonyl (C=O) groups excluding carboxylic acids is 3. The highest BCUT2D eigenvalue weighted by Crippen LogP contribution is 2.22. The summed E-state index contributed by atoms with van der Waals surface area (Å²) in [7, 11) is 3.25. The van der Waals surface area contributed by atoms with Crippen molar-refractivity contribution in [1.82, 2.24) is 14.7 Å². The van der Waals surface area contributed by atoms with Crippen molar-refractivity contribution < 1.29 is 19.1 Å². The van der Waals surface area contributed by atoms with Crippen molar-refractivity contribution in [3.8, 4) is 5.75 Å². The Labute approximate surface area is 159 Å². The molecule has 2 saturated heterocycles. The van der Waals surface area contributed by atoms with E-state index in [-0.39, 0.29) is 24.4 Å². The highest BCUT2D eigenvalue weighted by atomic mass is 16.5. The third-order valence-corrected chi connectivity index (χ3v) is 5.05. The van der Waals surface area contributed by atoms with Gasteiger partial charge in [0, 0.05) is 57.9 Å². The van der Waals surface area contributed by atoms with Gasteiger partial charge in [-0.3, -0.25) is 14.5 Å². The number of methoxy groups -OCH3 is 1. The van der Waals surface area contributed by atoms with Crippen LogP contribution in [-0.4, -0.2) is 86.0 Å². The van der Waals surface area contributed by atoms with E-state index in [0.29, 0.717) is 32.5 Å². The summed E-state index contributed by atoms with van der Waals surface area (Å²) < 4.78 is 5.27. The van der Waals surface area contributed by atoms with Crippen molar-refractivity contribution >= 4 is 23.5 Å². The number of hydrogen-bond acceptors (Lipinski definition) is 5. The van der Waals surface area contributed by atoms with Crippen LogP contribution >= 0.6 is 0 Å². The van der Waals surface area contributed by atoms with Crippen molar-refractivity contribution in [2.24, 2.45) is 0 Å². The maximum absolute atomic E-state index is 12.4. The average Bonchev–Trinajstić information content (AvgIpc) is 2.94. The van der Waals surface area contributed by atoms with Gasteiger partial charge in [-0.15, -0.1) is 0 Å². The molecule has 0 unspecified atom stereocenters. The van der Waals surface area contributed by atoms with Gasteiger partial charge in [-0.2, -0.15) is 0 Å². The topological polar surface area (TPSA) is 73.4 Å². The highest BCUT2D eigenvalue weighted by molar-refractivity contribution is 6.01. The van der Waals surface area contributed by atoms with Crippen molar-refractivity contribution in [3.05, 3.63) is 24.3 Å². The zero-order valence-electron chi connectivity index (χ0n) is 15.9. The third-order valence-electron chi connectivity index (χ3n) is 5.05. The second kappa shape index (κ2) is 8.28. The van der Waals surface area contributed by atoms with E-state index < -0.39 is 0 Å². The molecule has 0 spiro atoms. The van der Waals surface area contributed by atoms with E-state index in [1.54, 1.807) is 14.2 Å². The van der Waals surface area contributed by atoms with Crippen LogP contribution in [0.4, 0.5) is 10.5 Å². The Hall–Kier alpha value is -2.77. The first-order chi connectivity index (χ1) is 13.0. The zero-order chi connectivity index (χ0) is 19.4. The lowest BCUT2D eigenvalue weighted by Gasteiger charge is -2.36. The second-order valence-electron chi connectivity index (χ2n) is 6.86. The lowest BCUT2D eigenvalue weighted by atomic mass is 10.2. The molecule has 0 bridgehead atoms. The minimum atomic E-state index is -0.278. The molecule has 2 heterocycles. The maximum atomic E-state index is 12.4. The second-order valence-corrected chi connectivity index (χ2v) is 6.86. The lowest BCUT2D eigenvalue weighted by molar-refractivity contribution is -0.132. The molecule has 0 aromatic heterocycles. The number of nitrogens with zero attached hydrogens (tertiary/aromatic N) is 4. The van der Waals surface area contributed by atoms with E-state index in [1.807, 2.05) is 29.2 Å². The molecule has 0 radical (unpaired) electrons. The predicted octanol–water partition coefficient (Wildman–Crippen LogP) is 1.02. The first kappa shape index (κ1) is 19.0. The summed E-state index contributed by atoms with van der Waals surface area (Å²) >= 11 is 0. The summed E-state index contributed by atoms with van der Waals surface area (Å²) in [5, 5.41) is 0. The SMILES string of the molecule is COc1cccc(N2CCN(C(=O)CCCN3C(=O)CN(C)C3=O)CC2)c1. The molecule has 1 aromatic carbocycles. The number of benzene rings is 1. The fraction of sp³-hybridized carbons (Fsp3) is 0.526. The molecule has 0 atom stereocenters. The number of amides is 4. The Morgan fingerprint density at radius 3 is 2.52 bits per heavy atom. The fourth-order valence-corrected chi connectivity index (χ4v) is 3.46. The monoisotopic (exact) mass is 374 g/mol. The molecular weight excluding hydrogens is 348 g/mol. The number of likely N-dealkylation sites (N-methyl/N-ethyl adjacent to an activating group) is 1. The number of carbonyl (C=O) groups is 3. The minimum Gasteiger partial charge on any atom is -0.497 e. The van der Waals surface area contributed by atoms with Gasteiger partial charge in [0.25, 0.3) is 0 Å². The Morgan fingerprint density at radius 1 is 1.15 bits per heavy atom. The Morgan fingerprint density at radius 2 is 1.89 bits per heavy atom. The third kappa shape index (κ3) is 4.32. The van der Waals surface area contributed by atoms with Crippen molar-refractivity contribution in [3.63, 3.8) is 0 Å². The van der Waals surface area contributed by atoms with Gasteiger partial charge in [-0.1, -0.05) is 6.07 Å². The lowest BCUT2D eigenvalue weighted by Crippen LogP contribution is -2.48. The smallest absolute Gasteiger partial charge is 0.326 e. The van der Waals surface area contributed by atoms with Gasteiger partial charge in [0.15, 0.2) is 0 Å². The molecule has 27 heavy (non-hydrogen) atoms. The summed E-state index contributed by atoms with van der Waals surface area (Å²) in [4.78, 5) is 42.7. The first-order valence-corrected chi connectivity index (χ1v) is 9.22. The molecule has 8 heteroatoms. The van der Waals surface area contributed by atoms with Gasteiger partial charge in [0.05, 0.1) is 7.11 Å². The fourth-order valence-electron chi connectivity index (χ4n) is 3.46. The van der Waals surface area contributed by atoms with Gasteiger partial charge >= 0.3 is 6.03 Å². The number of imide groups is 1. The van der Waals surface area contributed by atoms with Crippen LogP contribution in [-0.2, 0) is 9.59 Å². The van der Waals surface area contributed by atoms with Crippen LogP contribution in [0.2, 0.25) is 0 Å². The average molecular weight is 374 g/mol. The molecule has 0 N–H and O–H groups in total. The van der Waals surface area contributed by atoms with Crippen LogP contribution in [0.1, 0.15) is 12.8 Å². The van der Waals surface area contributed by atoms with Crippen LogP contribution in [0, 0.1) is 0 Å². The molecule has 8 nitrogen and oxygen atoms in total. The normalized spacial score (nSPS) is 17.7. The largest absolute Gasteiger partial charge is 0.497 e. The molecule has 2 aliphatic rings. The van der Waals surface area contributed by atoms with E-state index in [0.717, 1.165) is 24.5 Å². The van der Waals surface area contributed by atoms with Crippen molar-refractivity contribution in [2.75, 3.05) is 58.3 Å². The number of ether oxygens (including phenoxy) is 1. The summed E-state index contributed by atoms with van der Waals surface area (Å²) in [6.45, 7) is 3.30.